The minimum atomic E-state index is -1.39. The number of carbonyl (C=O) groups excluding carboxylic acids is 2. The molecule has 0 aromatic carbocycles. The van der Waals surface area contributed by atoms with E-state index in [9.17, 15) is 19.2 Å². The first kappa shape index (κ1) is 15.9. The van der Waals surface area contributed by atoms with Gasteiger partial charge in [-0.2, -0.15) is 0 Å². The zero-order valence-electron chi connectivity index (χ0n) is 9.91. The molecule has 8 nitrogen and oxygen atoms in total. The molecule has 0 saturated heterocycles. The molecule has 0 spiro atoms. The van der Waals surface area contributed by atoms with Gasteiger partial charge >= 0.3 is 23.9 Å². The van der Waals surface area contributed by atoms with Gasteiger partial charge < -0.3 is 19.7 Å². The number of ether oxygens (including phenoxy) is 2. The van der Waals surface area contributed by atoms with Crippen LogP contribution in [0.1, 0.15) is 12.8 Å². The Hall–Kier alpha value is -2.12. The summed E-state index contributed by atoms with van der Waals surface area (Å²) in [6.07, 6.45) is -1.42. The van der Waals surface area contributed by atoms with Crippen molar-refractivity contribution in [3.8, 4) is 0 Å². The van der Waals surface area contributed by atoms with E-state index in [1.807, 2.05) is 0 Å². The molecule has 18 heavy (non-hydrogen) atoms. The molecule has 0 aliphatic rings. The number of hydrogen-bond acceptors (Lipinski definition) is 6. The molecule has 102 valence electrons. The molecule has 8 heteroatoms. The van der Waals surface area contributed by atoms with Crippen molar-refractivity contribution in [2.75, 3.05) is 14.2 Å². The molecule has 0 amide bonds. The lowest BCUT2D eigenvalue weighted by Crippen LogP contribution is -2.35. The van der Waals surface area contributed by atoms with Crippen LogP contribution in [0.2, 0.25) is 0 Å². The van der Waals surface area contributed by atoms with Crippen LogP contribution in [0.15, 0.2) is 0 Å². The Labute approximate surface area is 102 Å². The third kappa shape index (κ3) is 4.81. The minimum Gasteiger partial charge on any atom is -0.481 e. The van der Waals surface area contributed by atoms with E-state index in [2.05, 4.69) is 9.47 Å². The van der Waals surface area contributed by atoms with Crippen LogP contribution in [-0.4, -0.2) is 48.3 Å². The Bertz CT molecular complexity index is 314. The first-order chi connectivity index (χ1) is 8.33. The van der Waals surface area contributed by atoms with Gasteiger partial charge in [0.1, 0.15) is 0 Å². The summed E-state index contributed by atoms with van der Waals surface area (Å²) in [5.74, 6) is -7.40. The van der Waals surface area contributed by atoms with Crippen LogP contribution in [0.5, 0.6) is 0 Å². The quantitative estimate of drug-likeness (QED) is 0.588. The Morgan fingerprint density at radius 1 is 0.833 bits per heavy atom. The average Bonchev–Trinajstić information content (AvgIpc) is 2.30. The highest BCUT2D eigenvalue weighted by molar-refractivity contribution is 5.87. The van der Waals surface area contributed by atoms with Crippen LogP contribution in [0.4, 0.5) is 0 Å². The van der Waals surface area contributed by atoms with E-state index in [1.54, 1.807) is 0 Å². The minimum absolute atomic E-state index is 0.709. The molecule has 0 unspecified atom stereocenters. The number of carboxylic acid groups (broad SMARTS) is 2. The maximum Gasteiger partial charge on any atom is 0.310 e. The average molecular weight is 262 g/mol. The summed E-state index contributed by atoms with van der Waals surface area (Å²) in [7, 11) is 2.04. The molecule has 0 heterocycles. The predicted molar refractivity (Wildman–Crippen MR) is 55.5 cm³/mol. The number of aliphatic carboxylic acids is 2. The van der Waals surface area contributed by atoms with Crippen LogP contribution in [0.25, 0.3) is 0 Å². The van der Waals surface area contributed by atoms with Crippen molar-refractivity contribution in [2.24, 2.45) is 11.8 Å². The molecule has 2 atom stereocenters. The first-order valence-corrected chi connectivity index (χ1v) is 4.92. The summed E-state index contributed by atoms with van der Waals surface area (Å²) in [6, 6.07) is 0. The molecule has 2 N–H and O–H groups in total. The lowest BCUT2D eigenvalue weighted by Gasteiger charge is -2.20. The number of hydrogen-bond donors (Lipinski definition) is 2. The van der Waals surface area contributed by atoms with Crippen molar-refractivity contribution in [3.63, 3.8) is 0 Å². The number of rotatable bonds is 7. The van der Waals surface area contributed by atoms with Crippen molar-refractivity contribution in [1.82, 2.24) is 0 Å². The summed E-state index contributed by atoms with van der Waals surface area (Å²) < 4.78 is 8.73. The molecule has 0 saturated carbocycles. The number of methoxy groups -OCH3 is 2. The van der Waals surface area contributed by atoms with Crippen molar-refractivity contribution < 1.29 is 38.9 Å². The standard InChI is InChI=1S/C10H14O8/c1-17-9(15)5(3-7(11)12)6(4-8(13)14)10(16)18-2/h5-6H,3-4H2,1-2H3,(H,11,12)(H,13,14)/t5-,6+. The van der Waals surface area contributed by atoms with Crippen molar-refractivity contribution in [3.05, 3.63) is 0 Å². The molecule has 0 radical (unpaired) electrons. The van der Waals surface area contributed by atoms with Crippen LogP contribution in [-0.2, 0) is 28.7 Å². The molecule has 0 aromatic rings. The predicted octanol–water partition coefficient (Wildman–Crippen LogP) is -0.486. The van der Waals surface area contributed by atoms with E-state index in [4.69, 9.17) is 10.2 Å². The fourth-order valence-electron chi connectivity index (χ4n) is 1.46. The Morgan fingerprint density at radius 2 is 1.11 bits per heavy atom. The topological polar surface area (TPSA) is 127 Å². The number of carboxylic acids is 2. The SMILES string of the molecule is COC(=O)[C@@H](CC(=O)O)[C@@H](CC(=O)O)C(=O)OC. The highest BCUT2D eigenvalue weighted by Crippen LogP contribution is 2.23. The van der Waals surface area contributed by atoms with Gasteiger partial charge in [-0.3, -0.25) is 19.2 Å². The normalized spacial score (nSPS) is 13.2. The summed E-state index contributed by atoms with van der Waals surface area (Å²) in [5, 5.41) is 17.3. The lowest BCUT2D eigenvalue weighted by atomic mass is 9.87. The summed E-state index contributed by atoms with van der Waals surface area (Å²) in [5.41, 5.74) is 0. The number of carbonyl (C=O) groups is 4. The second kappa shape index (κ2) is 7.25. The van der Waals surface area contributed by atoms with Gasteiger partial charge in [-0.25, -0.2) is 0 Å². The zero-order valence-corrected chi connectivity index (χ0v) is 9.91. The maximum atomic E-state index is 11.4. The Kier molecular flexibility index (Phi) is 6.40. The van der Waals surface area contributed by atoms with E-state index in [1.165, 1.54) is 0 Å². The van der Waals surface area contributed by atoms with Gasteiger partial charge in [-0.05, 0) is 0 Å². The van der Waals surface area contributed by atoms with E-state index in [-0.39, 0.29) is 0 Å². The van der Waals surface area contributed by atoms with Gasteiger partial charge in [0.05, 0.1) is 38.9 Å². The van der Waals surface area contributed by atoms with Crippen LogP contribution in [0.3, 0.4) is 0 Å². The molecule has 0 aliphatic heterocycles. The van der Waals surface area contributed by atoms with E-state index >= 15 is 0 Å². The third-order valence-corrected chi connectivity index (χ3v) is 2.28. The van der Waals surface area contributed by atoms with Crippen LogP contribution in [0, 0.1) is 11.8 Å². The Morgan fingerprint density at radius 3 is 1.28 bits per heavy atom. The van der Waals surface area contributed by atoms with Gasteiger partial charge in [0, 0.05) is 0 Å². The molecular formula is C10H14O8. The fourth-order valence-corrected chi connectivity index (χ4v) is 1.46. The van der Waals surface area contributed by atoms with Gasteiger partial charge in [0.15, 0.2) is 0 Å². The molecular weight excluding hydrogens is 248 g/mol. The summed E-state index contributed by atoms with van der Waals surface area (Å²) in [6.45, 7) is 0. The van der Waals surface area contributed by atoms with Crippen molar-refractivity contribution in [1.29, 1.82) is 0 Å². The third-order valence-electron chi connectivity index (χ3n) is 2.28. The monoisotopic (exact) mass is 262 g/mol. The van der Waals surface area contributed by atoms with Gasteiger partial charge in [0.25, 0.3) is 0 Å². The van der Waals surface area contributed by atoms with Gasteiger partial charge in [-0.15, -0.1) is 0 Å². The second-order valence-electron chi connectivity index (χ2n) is 3.46. The highest BCUT2D eigenvalue weighted by Gasteiger charge is 2.38. The number of esters is 2. The molecule has 0 bridgehead atoms. The Balaban J connectivity index is 5.17. The fraction of sp³-hybridized carbons (Fsp3) is 0.600. The van der Waals surface area contributed by atoms with Gasteiger partial charge in [0.2, 0.25) is 0 Å². The van der Waals surface area contributed by atoms with Crippen molar-refractivity contribution >= 4 is 23.9 Å². The first-order valence-electron chi connectivity index (χ1n) is 4.92. The van der Waals surface area contributed by atoms with Crippen LogP contribution < -0.4 is 0 Å². The molecule has 0 fully saturated rings. The van der Waals surface area contributed by atoms with Crippen molar-refractivity contribution in [2.45, 2.75) is 12.8 Å². The highest BCUT2D eigenvalue weighted by atomic mass is 16.5. The molecule has 0 aliphatic carbocycles. The maximum absolute atomic E-state index is 11.4. The molecule has 0 aromatic heterocycles. The molecule has 0 rings (SSSR count). The van der Waals surface area contributed by atoms with Gasteiger partial charge in [-0.1, -0.05) is 0 Å². The smallest absolute Gasteiger partial charge is 0.310 e. The lowest BCUT2D eigenvalue weighted by molar-refractivity contribution is -0.163. The summed E-state index contributed by atoms with van der Waals surface area (Å²) >= 11 is 0. The van der Waals surface area contributed by atoms with E-state index < -0.39 is 48.6 Å². The van der Waals surface area contributed by atoms with E-state index in [0.717, 1.165) is 14.2 Å². The zero-order chi connectivity index (χ0) is 14.3. The largest absolute Gasteiger partial charge is 0.481 e. The second-order valence-corrected chi connectivity index (χ2v) is 3.46. The van der Waals surface area contributed by atoms with E-state index in [0.29, 0.717) is 0 Å². The summed E-state index contributed by atoms with van der Waals surface area (Å²) in [4.78, 5) is 44.1. The van der Waals surface area contributed by atoms with Crippen LogP contribution >= 0.6 is 0 Å².